The summed E-state index contributed by atoms with van der Waals surface area (Å²) in [6, 6.07) is 0. The number of hydrogen-bond acceptors (Lipinski definition) is 2. The maximum atomic E-state index is 3.93. The van der Waals surface area contributed by atoms with Gasteiger partial charge in [0.1, 0.15) is 0 Å². The van der Waals surface area contributed by atoms with Gasteiger partial charge in [-0.05, 0) is 13.2 Å². The summed E-state index contributed by atoms with van der Waals surface area (Å²) in [6.45, 7) is 6.92. The van der Waals surface area contributed by atoms with Gasteiger partial charge >= 0.3 is 0 Å². The van der Waals surface area contributed by atoms with Crippen LogP contribution < -0.4 is 0 Å². The van der Waals surface area contributed by atoms with Crippen molar-refractivity contribution in [3.63, 3.8) is 0 Å². The zero-order chi connectivity index (χ0) is 6.83. The quantitative estimate of drug-likeness (QED) is 0.416. The highest BCUT2D eigenvalue weighted by atomic mass is 32.2. The van der Waals surface area contributed by atoms with Crippen LogP contribution in [0.15, 0.2) is 4.99 Å². The molecule has 0 radical (unpaired) electrons. The van der Waals surface area contributed by atoms with E-state index in [-0.39, 0.29) is 0 Å². The van der Waals surface area contributed by atoms with Crippen LogP contribution in [0.1, 0.15) is 20.8 Å². The van der Waals surface area contributed by atoms with E-state index in [0.717, 1.165) is 6.54 Å². The second kappa shape index (κ2) is 15.7. The molecule has 0 rings (SSSR count). The Morgan fingerprint density at radius 2 is 2.00 bits per heavy atom. The van der Waals surface area contributed by atoms with Gasteiger partial charge < -0.3 is 0 Å². The fraction of sp³-hybridized carbons (Fsp3) is 0.833. The molecule has 0 aliphatic carbocycles. The summed E-state index contributed by atoms with van der Waals surface area (Å²) in [7, 11) is 0. The third-order valence-corrected chi connectivity index (χ3v) is 0.722. The second-order valence-corrected chi connectivity index (χ2v) is 1.52. The van der Waals surface area contributed by atoms with Gasteiger partial charge in [-0.3, -0.25) is 4.99 Å². The summed E-state index contributed by atoms with van der Waals surface area (Å²) < 4.78 is 0. The molecule has 0 fully saturated rings. The maximum absolute atomic E-state index is 3.93. The van der Waals surface area contributed by atoms with Gasteiger partial charge in [0.05, 0.1) is 5.55 Å². The Morgan fingerprint density at radius 3 is 2.12 bits per heavy atom. The molecule has 0 amide bonds. The topological polar surface area (TPSA) is 12.4 Å². The van der Waals surface area contributed by atoms with Crippen molar-refractivity contribution < 1.29 is 0 Å². The lowest BCUT2D eigenvalue weighted by Crippen LogP contribution is -1.64. The fourth-order valence-electron chi connectivity index (χ4n) is 0.149. The zero-order valence-corrected chi connectivity index (χ0v) is 6.96. The SMILES string of the molecule is CC.CCN=CSC. The highest BCUT2D eigenvalue weighted by Gasteiger charge is 1.59. The monoisotopic (exact) mass is 133 g/mol. The number of hydrogen-bond donors (Lipinski definition) is 0. The number of aliphatic imine (C=N–C) groups is 1. The van der Waals surface area contributed by atoms with E-state index < -0.39 is 0 Å². The lowest BCUT2D eigenvalue weighted by Gasteiger charge is -1.74. The summed E-state index contributed by atoms with van der Waals surface area (Å²) in [6.07, 6.45) is 2.00. The van der Waals surface area contributed by atoms with Gasteiger partial charge in [0.2, 0.25) is 0 Å². The van der Waals surface area contributed by atoms with Crippen molar-refractivity contribution in [2.45, 2.75) is 20.8 Å². The Balaban J connectivity index is 0. The predicted octanol–water partition coefficient (Wildman–Crippen LogP) is 2.42. The van der Waals surface area contributed by atoms with Crippen molar-refractivity contribution in [1.82, 2.24) is 0 Å². The van der Waals surface area contributed by atoms with Gasteiger partial charge in [-0.15, -0.1) is 11.8 Å². The van der Waals surface area contributed by atoms with Gasteiger partial charge in [-0.25, -0.2) is 0 Å². The summed E-state index contributed by atoms with van der Waals surface area (Å²) in [4.78, 5) is 3.93. The number of rotatable bonds is 2. The molecule has 0 atom stereocenters. The van der Waals surface area contributed by atoms with Gasteiger partial charge in [-0.1, -0.05) is 13.8 Å². The highest BCUT2D eigenvalue weighted by molar-refractivity contribution is 8.11. The first-order valence-corrected chi connectivity index (χ1v) is 4.21. The molecule has 50 valence electrons. The molecular formula is C6H15NS. The fourth-order valence-corrected chi connectivity index (χ4v) is 0.447. The average molecular weight is 133 g/mol. The molecule has 8 heavy (non-hydrogen) atoms. The van der Waals surface area contributed by atoms with E-state index in [2.05, 4.69) is 4.99 Å². The van der Waals surface area contributed by atoms with Gasteiger partial charge in [0.25, 0.3) is 0 Å². The normalized spacial score (nSPS) is 8.50. The molecule has 0 aliphatic rings. The Kier molecular flexibility index (Phi) is 21.5. The van der Waals surface area contributed by atoms with E-state index in [1.807, 2.05) is 32.6 Å². The van der Waals surface area contributed by atoms with E-state index in [9.17, 15) is 0 Å². The molecule has 0 aromatic rings. The summed E-state index contributed by atoms with van der Waals surface area (Å²) in [5.41, 5.74) is 1.85. The molecule has 2 heteroatoms. The smallest absolute Gasteiger partial charge is 0.0538 e. The van der Waals surface area contributed by atoms with Crippen molar-refractivity contribution in [3.05, 3.63) is 0 Å². The van der Waals surface area contributed by atoms with Crippen LogP contribution in [0.5, 0.6) is 0 Å². The van der Waals surface area contributed by atoms with Crippen molar-refractivity contribution in [1.29, 1.82) is 0 Å². The Labute approximate surface area is 56.6 Å². The van der Waals surface area contributed by atoms with E-state index >= 15 is 0 Å². The van der Waals surface area contributed by atoms with Crippen molar-refractivity contribution in [2.24, 2.45) is 4.99 Å². The first-order chi connectivity index (χ1) is 3.91. The molecule has 0 saturated heterocycles. The first kappa shape index (κ1) is 10.9. The lowest BCUT2D eigenvalue weighted by molar-refractivity contribution is 1.15. The molecule has 0 aromatic heterocycles. The molecule has 0 N–H and O–H groups in total. The van der Waals surface area contributed by atoms with E-state index in [0.29, 0.717) is 0 Å². The van der Waals surface area contributed by atoms with Crippen LogP contribution >= 0.6 is 11.8 Å². The molecule has 0 unspecified atom stereocenters. The van der Waals surface area contributed by atoms with Crippen LogP contribution in [0.4, 0.5) is 0 Å². The minimum atomic E-state index is 0.904. The molecular weight excluding hydrogens is 118 g/mol. The van der Waals surface area contributed by atoms with Crippen LogP contribution in [-0.4, -0.2) is 18.3 Å². The number of nitrogens with zero attached hydrogens (tertiary/aromatic N) is 1. The lowest BCUT2D eigenvalue weighted by atomic mass is 10.8. The van der Waals surface area contributed by atoms with Crippen LogP contribution in [0.2, 0.25) is 0 Å². The molecule has 0 aliphatic heterocycles. The molecule has 1 nitrogen and oxygen atoms in total. The van der Waals surface area contributed by atoms with Crippen LogP contribution in [0.3, 0.4) is 0 Å². The van der Waals surface area contributed by atoms with Crippen LogP contribution in [0.25, 0.3) is 0 Å². The third kappa shape index (κ3) is 16.6. The maximum Gasteiger partial charge on any atom is 0.0538 e. The van der Waals surface area contributed by atoms with Crippen molar-refractivity contribution in [2.75, 3.05) is 12.8 Å². The molecule has 0 spiro atoms. The van der Waals surface area contributed by atoms with E-state index in [1.165, 1.54) is 0 Å². The Bertz CT molecular complexity index is 37.8. The predicted molar refractivity (Wildman–Crippen MR) is 43.9 cm³/mol. The highest BCUT2D eigenvalue weighted by Crippen LogP contribution is 1.80. The molecule has 0 aromatic carbocycles. The van der Waals surface area contributed by atoms with E-state index in [1.54, 1.807) is 11.8 Å². The zero-order valence-electron chi connectivity index (χ0n) is 6.14. The molecule has 0 heterocycles. The Hall–Kier alpha value is 0.0200. The van der Waals surface area contributed by atoms with E-state index in [4.69, 9.17) is 0 Å². The second-order valence-electron chi connectivity index (χ2n) is 0.840. The van der Waals surface area contributed by atoms with Gasteiger partial charge in [-0.2, -0.15) is 0 Å². The van der Waals surface area contributed by atoms with Gasteiger partial charge in [0, 0.05) is 6.54 Å². The first-order valence-electron chi connectivity index (χ1n) is 2.93. The largest absolute Gasteiger partial charge is 0.287 e. The molecule has 0 bridgehead atoms. The Morgan fingerprint density at radius 1 is 1.50 bits per heavy atom. The van der Waals surface area contributed by atoms with Crippen LogP contribution in [-0.2, 0) is 0 Å². The molecule has 0 saturated carbocycles. The minimum absolute atomic E-state index is 0.904. The summed E-state index contributed by atoms with van der Waals surface area (Å²) >= 11 is 1.63. The third-order valence-electron chi connectivity index (χ3n) is 0.363. The average Bonchev–Trinajstić information content (AvgIpc) is 1.88. The van der Waals surface area contributed by atoms with Crippen molar-refractivity contribution in [3.8, 4) is 0 Å². The standard InChI is InChI=1S/C4H9NS.C2H6/c1-3-5-4-6-2;1-2/h4H,3H2,1-2H3;1-2H3. The summed E-state index contributed by atoms with van der Waals surface area (Å²) in [5, 5.41) is 0. The van der Waals surface area contributed by atoms with Gasteiger partial charge in [0.15, 0.2) is 0 Å². The summed E-state index contributed by atoms with van der Waals surface area (Å²) in [5.74, 6) is 0. The minimum Gasteiger partial charge on any atom is -0.287 e. The van der Waals surface area contributed by atoms with Crippen LogP contribution in [0, 0.1) is 0 Å². The van der Waals surface area contributed by atoms with Crippen molar-refractivity contribution >= 4 is 17.3 Å². The number of thioether (sulfide) groups is 1.